The Morgan fingerprint density at radius 2 is 2.24 bits per heavy atom. The van der Waals surface area contributed by atoms with Crippen molar-refractivity contribution in [1.29, 1.82) is 0 Å². The molecule has 94 valence electrons. The van der Waals surface area contributed by atoms with Crippen molar-refractivity contribution in [1.82, 2.24) is 4.90 Å². The molecule has 1 fully saturated rings. The van der Waals surface area contributed by atoms with Gasteiger partial charge >= 0.3 is 0 Å². The monoisotopic (exact) mass is 254 g/mol. The van der Waals surface area contributed by atoms with Crippen LogP contribution < -0.4 is 5.73 Å². The van der Waals surface area contributed by atoms with Gasteiger partial charge in [0.05, 0.1) is 5.02 Å². The van der Waals surface area contributed by atoms with E-state index in [1.54, 1.807) is 0 Å². The molecule has 0 bridgehead atoms. The molecule has 2 rings (SSSR count). The Bertz CT molecular complexity index is 399. The normalized spacial score (nSPS) is 25.4. The molecule has 17 heavy (non-hydrogen) atoms. The molecule has 0 aliphatic carbocycles. The molecule has 0 radical (unpaired) electrons. The number of aromatic hydroxyl groups is 1. The Balaban J connectivity index is 2.29. The van der Waals surface area contributed by atoms with E-state index in [1.165, 1.54) is 5.56 Å². The number of hydrogen-bond donors (Lipinski definition) is 2. The van der Waals surface area contributed by atoms with Crippen molar-refractivity contribution in [2.24, 2.45) is 11.7 Å². The number of aryl methyl sites for hydroxylation is 1. The maximum Gasteiger partial charge on any atom is 0.137 e. The van der Waals surface area contributed by atoms with E-state index < -0.39 is 0 Å². The van der Waals surface area contributed by atoms with Gasteiger partial charge in [0.2, 0.25) is 0 Å². The van der Waals surface area contributed by atoms with Crippen LogP contribution in [0.2, 0.25) is 5.02 Å². The first-order chi connectivity index (χ1) is 8.02. The molecule has 1 saturated heterocycles. The largest absolute Gasteiger partial charge is 0.506 e. The summed E-state index contributed by atoms with van der Waals surface area (Å²) >= 11 is 6.02. The Hall–Kier alpha value is -0.770. The highest BCUT2D eigenvalue weighted by atomic mass is 35.5. The summed E-state index contributed by atoms with van der Waals surface area (Å²) < 4.78 is 0. The SMILES string of the molecule is Cc1cc(C2CC(CN)CN2C)cc(Cl)c1O. The van der Waals surface area contributed by atoms with E-state index in [-0.39, 0.29) is 5.75 Å². The van der Waals surface area contributed by atoms with Gasteiger partial charge in [0.25, 0.3) is 0 Å². The van der Waals surface area contributed by atoms with Crippen molar-refractivity contribution in [3.63, 3.8) is 0 Å². The molecule has 0 aromatic heterocycles. The smallest absolute Gasteiger partial charge is 0.137 e. The van der Waals surface area contributed by atoms with Gasteiger partial charge in [0, 0.05) is 12.6 Å². The third kappa shape index (κ3) is 2.41. The molecule has 2 unspecified atom stereocenters. The van der Waals surface area contributed by atoms with Crippen LogP contribution in [0.4, 0.5) is 0 Å². The Kier molecular flexibility index (Phi) is 3.61. The van der Waals surface area contributed by atoms with Gasteiger partial charge in [0.15, 0.2) is 0 Å². The molecule has 0 spiro atoms. The van der Waals surface area contributed by atoms with Gasteiger partial charge < -0.3 is 10.8 Å². The minimum atomic E-state index is 0.187. The molecule has 0 saturated carbocycles. The quantitative estimate of drug-likeness (QED) is 0.852. The zero-order valence-electron chi connectivity index (χ0n) is 10.3. The lowest BCUT2D eigenvalue weighted by atomic mass is 9.98. The molecule has 1 aliphatic rings. The van der Waals surface area contributed by atoms with Crippen LogP contribution in [0, 0.1) is 12.8 Å². The summed E-state index contributed by atoms with van der Waals surface area (Å²) in [6, 6.07) is 4.24. The van der Waals surface area contributed by atoms with Crippen LogP contribution in [0.15, 0.2) is 12.1 Å². The Morgan fingerprint density at radius 1 is 1.53 bits per heavy atom. The van der Waals surface area contributed by atoms with E-state index in [0.717, 1.165) is 25.1 Å². The van der Waals surface area contributed by atoms with Gasteiger partial charge in [-0.15, -0.1) is 0 Å². The summed E-state index contributed by atoms with van der Waals surface area (Å²) in [5.74, 6) is 0.740. The van der Waals surface area contributed by atoms with Gasteiger partial charge in [0.1, 0.15) is 5.75 Å². The number of rotatable bonds is 2. The molecule has 0 amide bonds. The maximum absolute atomic E-state index is 9.67. The van der Waals surface area contributed by atoms with E-state index in [4.69, 9.17) is 17.3 Å². The fraction of sp³-hybridized carbons (Fsp3) is 0.538. The van der Waals surface area contributed by atoms with Gasteiger partial charge in [-0.2, -0.15) is 0 Å². The average molecular weight is 255 g/mol. The lowest BCUT2D eigenvalue weighted by Gasteiger charge is -2.20. The number of halogens is 1. The Labute approximate surface area is 107 Å². The number of likely N-dealkylation sites (tertiary alicyclic amines) is 1. The van der Waals surface area contributed by atoms with Gasteiger partial charge in [-0.1, -0.05) is 17.7 Å². The van der Waals surface area contributed by atoms with Gasteiger partial charge in [-0.3, -0.25) is 4.90 Å². The van der Waals surface area contributed by atoms with Crippen molar-refractivity contribution in [3.05, 3.63) is 28.3 Å². The summed E-state index contributed by atoms with van der Waals surface area (Å²) in [5, 5.41) is 10.1. The molecule has 1 aromatic carbocycles. The summed E-state index contributed by atoms with van der Waals surface area (Å²) in [4.78, 5) is 2.31. The van der Waals surface area contributed by atoms with Gasteiger partial charge in [-0.05, 0) is 50.0 Å². The summed E-state index contributed by atoms with van der Waals surface area (Å²) in [5.41, 5.74) is 7.73. The minimum absolute atomic E-state index is 0.187. The fourth-order valence-electron chi connectivity index (χ4n) is 2.62. The van der Waals surface area contributed by atoms with E-state index >= 15 is 0 Å². The number of nitrogens with zero attached hydrogens (tertiary/aromatic N) is 1. The molecular weight excluding hydrogens is 236 g/mol. The number of nitrogens with two attached hydrogens (primary N) is 1. The lowest BCUT2D eigenvalue weighted by Crippen LogP contribution is -2.20. The van der Waals surface area contributed by atoms with E-state index in [2.05, 4.69) is 11.9 Å². The van der Waals surface area contributed by atoms with Crippen molar-refractivity contribution in [3.8, 4) is 5.75 Å². The zero-order valence-corrected chi connectivity index (χ0v) is 11.0. The zero-order chi connectivity index (χ0) is 12.6. The van der Waals surface area contributed by atoms with Crippen LogP contribution in [0.25, 0.3) is 0 Å². The van der Waals surface area contributed by atoms with Crippen molar-refractivity contribution < 1.29 is 5.11 Å². The lowest BCUT2D eigenvalue weighted by molar-refractivity contribution is 0.313. The van der Waals surface area contributed by atoms with Crippen LogP contribution >= 0.6 is 11.6 Å². The molecule has 1 aliphatic heterocycles. The third-order valence-electron chi connectivity index (χ3n) is 3.63. The maximum atomic E-state index is 9.67. The second-order valence-corrected chi connectivity index (χ2v) is 5.37. The topological polar surface area (TPSA) is 49.5 Å². The molecule has 1 aromatic rings. The summed E-state index contributed by atoms with van der Waals surface area (Å²) in [6.07, 6.45) is 1.06. The molecule has 3 N–H and O–H groups in total. The second kappa shape index (κ2) is 4.84. The molecule has 3 nitrogen and oxygen atoms in total. The van der Waals surface area contributed by atoms with Crippen LogP contribution in [-0.2, 0) is 0 Å². The predicted molar refractivity (Wildman–Crippen MR) is 70.4 cm³/mol. The highest BCUT2D eigenvalue weighted by Crippen LogP contribution is 2.38. The van der Waals surface area contributed by atoms with Crippen LogP contribution in [0.3, 0.4) is 0 Å². The molecule has 1 heterocycles. The van der Waals surface area contributed by atoms with E-state index in [9.17, 15) is 5.11 Å². The highest BCUT2D eigenvalue weighted by molar-refractivity contribution is 6.32. The molecule has 4 heteroatoms. The molecule has 2 atom stereocenters. The average Bonchev–Trinajstić information content (AvgIpc) is 2.67. The van der Waals surface area contributed by atoms with Crippen molar-refractivity contribution in [2.45, 2.75) is 19.4 Å². The summed E-state index contributed by atoms with van der Waals surface area (Å²) in [7, 11) is 2.11. The van der Waals surface area contributed by atoms with Crippen LogP contribution in [0.1, 0.15) is 23.6 Å². The predicted octanol–water partition coefficient (Wildman–Crippen LogP) is 2.31. The first-order valence-corrected chi connectivity index (χ1v) is 6.30. The van der Waals surface area contributed by atoms with Crippen LogP contribution in [-0.4, -0.2) is 30.1 Å². The van der Waals surface area contributed by atoms with Crippen molar-refractivity contribution >= 4 is 11.6 Å². The standard InChI is InChI=1S/C13H19ClN2O/c1-8-3-10(5-11(14)13(8)17)12-4-9(6-15)7-16(12)2/h3,5,9,12,17H,4,6-7,15H2,1-2H3. The van der Waals surface area contributed by atoms with E-state index in [0.29, 0.717) is 17.0 Å². The number of benzene rings is 1. The summed E-state index contributed by atoms with van der Waals surface area (Å²) in [6.45, 7) is 3.63. The molecular formula is C13H19ClN2O. The van der Waals surface area contributed by atoms with Gasteiger partial charge in [-0.25, -0.2) is 0 Å². The Morgan fingerprint density at radius 3 is 2.76 bits per heavy atom. The number of phenolic OH excluding ortho intramolecular Hbond substituents is 1. The first kappa shape index (κ1) is 12.7. The fourth-order valence-corrected chi connectivity index (χ4v) is 2.90. The second-order valence-electron chi connectivity index (χ2n) is 4.96. The first-order valence-electron chi connectivity index (χ1n) is 5.92. The van der Waals surface area contributed by atoms with E-state index in [1.807, 2.05) is 19.1 Å². The minimum Gasteiger partial charge on any atom is -0.506 e. The van der Waals surface area contributed by atoms with Crippen LogP contribution in [0.5, 0.6) is 5.75 Å². The third-order valence-corrected chi connectivity index (χ3v) is 3.92. The number of hydrogen-bond acceptors (Lipinski definition) is 3. The highest BCUT2D eigenvalue weighted by Gasteiger charge is 2.30. The number of phenols is 1. The van der Waals surface area contributed by atoms with Crippen molar-refractivity contribution in [2.75, 3.05) is 20.1 Å².